The fourth-order valence-electron chi connectivity index (χ4n) is 3.89. The van der Waals surface area contributed by atoms with Gasteiger partial charge >= 0.3 is 0 Å². The summed E-state index contributed by atoms with van der Waals surface area (Å²) in [5.74, 6) is 0.621. The minimum absolute atomic E-state index is 0.116. The summed E-state index contributed by atoms with van der Waals surface area (Å²) in [5.41, 5.74) is 6.26. The molecule has 0 bridgehead atoms. The molecule has 0 unspecified atom stereocenters. The molecule has 6 heteroatoms. The highest BCUT2D eigenvalue weighted by Gasteiger charge is 2.17. The number of aromatic nitrogens is 1. The van der Waals surface area contributed by atoms with Crippen molar-refractivity contribution < 1.29 is 13.9 Å². The number of para-hydroxylation sites is 1. The zero-order valence-corrected chi connectivity index (χ0v) is 16.1. The van der Waals surface area contributed by atoms with E-state index in [1.807, 2.05) is 53.5 Å². The van der Waals surface area contributed by atoms with Crippen molar-refractivity contribution in [1.29, 1.82) is 0 Å². The normalized spacial score (nSPS) is 15.0. The average Bonchev–Trinajstić information content (AvgIpc) is 3.38. The van der Waals surface area contributed by atoms with E-state index < -0.39 is 0 Å². The van der Waals surface area contributed by atoms with Crippen molar-refractivity contribution in [1.82, 2.24) is 15.4 Å². The van der Waals surface area contributed by atoms with E-state index >= 15 is 0 Å². The molecule has 4 aromatic rings. The van der Waals surface area contributed by atoms with Crippen LogP contribution in [0.4, 0.5) is 0 Å². The Labute approximate surface area is 168 Å². The highest BCUT2D eigenvalue weighted by molar-refractivity contribution is 5.99. The quantitative estimate of drug-likeness (QED) is 0.522. The molecule has 0 spiro atoms. The van der Waals surface area contributed by atoms with Crippen LogP contribution in [0.1, 0.15) is 35.3 Å². The molecule has 29 heavy (non-hydrogen) atoms. The van der Waals surface area contributed by atoms with Gasteiger partial charge in [-0.3, -0.25) is 10.2 Å². The Hall–Kier alpha value is -3.25. The minimum atomic E-state index is -0.116. The minimum Gasteiger partial charge on any atom is -0.488 e. The number of rotatable bonds is 5. The molecule has 1 aliphatic rings. The SMILES string of the molecule is O=C(NN1CCCCC1)c1cc2c(OCc3coc4ccccc34)cccc2[nH]1. The second kappa shape index (κ2) is 7.64. The van der Waals surface area contributed by atoms with E-state index in [1.165, 1.54) is 6.42 Å². The van der Waals surface area contributed by atoms with E-state index in [0.29, 0.717) is 12.3 Å². The first-order chi connectivity index (χ1) is 14.3. The zero-order chi connectivity index (χ0) is 19.6. The molecule has 2 aromatic heterocycles. The van der Waals surface area contributed by atoms with Gasteiger partial charge in [-0.2, -0.15) is 0 Å². The van der Waals surface area contributed by atoms with Crippen LogP contribution in [0.2, 0.25) is 0 Å². The van der Waals surface area contributed by atoms with Gasteiger partial charge in [-0.05, 0) is 37.1 Å². The van der Waals surface area contributed by atoms with Crippen molar-refractivity contribution in [3.05, 3.63) is 66.1 Å². The van der Waals surface area contributed by atoms with Crippen LogP contribution in [0.15, 0.2) is 59.2 Å². The number of piperidine rings is 1. The van der Waals surface area contributed by atoms with Crippen molar-refractivity contribution in [2.75, 3.05) is 13.1 Å². The molecule has 0 aliphatic carbocycles. The third kappa shape index (κ3) is 3.59. The van der Waals surface area contributed by atoms with Gasteiger partial charge in [0, 0.05) is 34.9 Å². The van der Waals surface area contributed by atoms with Crippen LogP contribution in [-0.2, 0) is 6.61 Å². The lowest BCUT2D eigenvalue weighted by Crippen LogP contribution is -2.45. The van der Waals surface area contributed by atoms with Crippen molar-refractivity contribution in [3.63, 3.8) is 0 Å². The highest BCUT2D eigenvalue weighted by Crippen LogP contribution is 2.29. The van der Waals surface area contributed by atoms with Gasteiger partial charge in [0.25, 0.3) is 5.91 Å². The number of H-pyrrole nitrogens is 1. The second-order valence-electron chi connectivity index (χ2n) is 7.43. The molecule has 3 heterocycles. The fraction of sp³-hybridized carbons (Fsp3) is 0.261. The Morgan fingerprint density at radius 2 is 1.93 bits per heavy atom. The maximum Gasteiger partial charge on any atom is 0.282 e. The predicted molar refractivity (Wildman–Crippen MR) is 112 cm³/mol. The third-order valence-corrected chi connectivity index (χ3v) is 5.43. The standard InChI is InChI=1S/C23H23N3O3/c27-23(25-26-11-4-1-5-12-26)20-13-18-19(24-20)8-6-10-22(18)29-15-16-14-28-21-9-3-2-7-17(16)21/h2-3,6-10,13-14,24H,1,4-5,11-12,15H2,(H,25,27). The Bertz CT molecular complexity index is 1150. The number of carbonyl (C=O) groups is 1. The molecule has 2 N–H and O–H groups in total. The fourth-order valence-corrected chi connectivity index (χ4v) is 3.89. The summed E-state index contributed by atoms with van der Waals surface area (Å²) in [4.78, 5) is 15.9. The first kappa shape index (κ1) is 17.8. The number of benzene rings is 2. The van der Waals surface area contributed by atoms with Gasteiger partial charge in [0.2, 0.25) is 0 Å². The molecule has 6 nitrogen and oxygen atoms in total. The van der Waals surface area contributed by atoms with E-state index in [-0.39, 0.29) is 5.91 Å². The van der Waals surface area contributed by atoms with Crippen LogP contribution < -0.4 is 10.2 Å². The highest BCUT2D eigenvalue weighted by atomic mass is 16.5. The first-order valence-electron chi connectivity index (χ1n) is 10.0. The second-order valence-corrected chi connectivity index (χ2v) is 7.43. The van der Waals surface area contributed by atoms with E-state index in [1.54, 1.807) is 6.26 Å². The summed E-state index contributed by atoms with van der Waals surface area (Å²) in [5, 5.41) is 3.94. The molecular weight excluding hydrogens is 366 g/mol. The summed E-state index contributed by atoms with van der Waals surface area (Å²) in [6.45, 7) is 2.20. The van der Waals surface area contributed by atoms with Crippen molar-refractivity contribution in [3.8, 4) is 5.75 Å². The number of hydrazine groups is 1. The van der Waals surface area contributed by atoms with E-state index in [2.05, 4.69) is 10.4 Å². The average molecular weight is 389 g/mol. The lowest BCUT2D eigenvalue weighted by Gasteiger charge is -2.26. The first-order valence-corrected chi connectivity index (χ1v) is 10.0. The molecule has 0 atom stereocenters. The molecule has 1 amide bonds. The number of fused-ring (bicyclic) bond motifs is 2. The Morgan fingerprint density at radius 3 is 2.83 bits per heavy atom. The maximum atomic E-state index is 12.6. The Morgan fingerprint density at radius 1 is 1.07 bits per heavy atom. The van der Waals surface area contributed by atoms with E-state index in [4.69, 9.17) is 9.15 Å². The number of aromatic amines is 1. The van der Waals surface area contributed by atoms with Crippen LogP contribution >= 0.6 is 0 Å². The van der Waals surface area contributed by atoms with Gasteiger partial charge < -0.3 is 14.1 Å². The van der Waals surface area contributed by atoms with Gasteiger partial charge in [-0.15, -0.1) is 0 Å². The topological polar surface area (TPSA) is 70.5 Å². The van der Waals surface area contributed by atoms with Crippen LogP contribution in [0, 0.1) is 0 Å². The predicted octanol–water partition coefficient (Wildman–Crippen LogP) is 4.62. The summed E-state index contributed by atoms with van der Waals surface area (Å²) in [7, 11) is 0. The van der Waals surface area contributed by atoms with Crippen LogP contribution in [0.5, 0.6) is 5.75 Å². The maximum absolute atomic E-state index is 12.6. The smallest absolute Gasteiger partial charge is 0.282 e. The lowest BCUT2D eigenvalue weighted by atomic mass is 10.2. The molecule has 0 radical (unpaired) electrons. The summed E-state index contributed by atoms with van der Waals surface area (Å²) in [6.07, 6.45) is 5.20. The number of hydrogen-bond donors (Lipinski definition) is 2. The number of furan rings is 1. The molecule has 1 fully saturated rings. The molecule has 1 saturated heterocycles. The monoisotopic (exact) mass is 389 g/mol. The van der Waals surface area contributed by atoms with Gasteiger partial charge in [0.15, 0.2) is 0 Å². The summed E-state index contributed by atoms with van der Waals surface area (Å²) >= 11 is 0. The lowest BCUT2D eigenvalue weighted by molar-refractivity contribution is 0.0745. The van der Waals surface area contributed by atoms with Crippen LogP contribution in [0.25, 0.3) is 21.9 Å². The van der Waals surface area contributed by atoms with Crippen molar-refractivity contribution in [2.45, 2.75) is 25.9 Å². The molecule has 148 valence electrons. The number of nitrogens with one attached hydrogen (secondary N) is 2. The molecular formula is C23H23N3O3. The van der Waals surface area contributed by atoms with E-state index in [0.717, 1.165) is 59.1 Å². The molecule has 1 aliphatic heterocycles. The van der Waals surface area contributed by atoms with Gasteiger partial charge in [-0.25, -0.2) is 5.01 Å². The third-order valence-electron chi connectivity index (χ3n) is 5.43. The number of amides is 1. The summed E-state index contributed by atoms with van der Waals surface area (Å²) in [6, 6.07) is 15.6. The molecule has 5 rings (SSSR count). The largest absolute Gasteiger partial charge is 0.488 e. The number of carbonyl (C=O) groups excluding carboxylic acids is 1. The van der Waals surface area contributed by atoms with Gasteiger partial charge in [-0.1, -0.05) is 30.7 Å². The summed E-state index contributed by atoms with van der Waals surface area (Å²) < 4.78 is 11.7. The number of hydrogen-bond acceptors (Lipinski definition) is 4. The molecule has 0 saturated carbocycles. The van der Waals surface area contributed by atoms with Crippen LogP contribution in [0.3, 0.4) is 0 Å². The van der Waals surface area contributed by atoms with Crippen molar-refractivity contribution in [2.24, 2.45) is 0 Å². The van der Waals surface area contributed by atoms with E-state index in [9.17, 15) is 4.79 Å². The Kier molecular flexibility index (Phi) is 4.69. The number of nitrogens with zero attached hydrogens (tertiary/aromatic N) is 1. The van der Waals surface area contributed by atoms with Gasteiger partial charge in [0.1, 0.15) is 23.6 Å². The molecule has 2 aromatic carbocycles. The number of ether oxygens (including phenoxy) is 1. The van der Waals surface area contributed by atoms with Crippen LogP contribution in [-0.4, -0.2) is 29.0 Å². The Balaban J connectivity index is 1.35. The van der Waals surface area contributed by atoms with Crippen molar-refractivity contribution >= 4 is 27.8 Å². The zero-order valence-electron chi connectivity index (χ0n) is 16.1. The van der Waals surface area contributed by atoms with Gasteiger partial charge in [0.05, 0.1) is 6.26 Å².